The molecule has 3 nitrogen and oxygen atoms in total. The van der Waals surface area contributed by atoms with E-state index in [2.05, 4.69) is 23.7 Å². The number of nitrogens with two attached hydrogens (primary N) is 1. The lowest BCUT2D eigenvalue weighted by atomic mass is 9.87. The van der Waals surface area contributed by atoms with Gasteiger partial charge in [-0.3, -0.25) is 4.99 Å². The molecule has 2 N–H and O–H groups in total. The van der Waals surface area contributed by atoms with Gasteiger partial charge in [0.1, 0.15) is 5.82 Å². The summed E-state index contributed by atoms with van der Waals surface area (Å²) < 4.78 is 13.1. The molecule has 0 bridgehead atoms. The third-order valence-electron chi connectivity index (χ3n) is 3.75. The van der Waals surface area contributed by atoms with Crippen LogP contribution in [0.25, 0.3) is 0 Å². The van der Waals surface area contributed by atoms with Crippen LogP contribution in [-0.4, -0.2) is 18.0 Å². The first-order chi connectivity index (χ1) is 9.13. The molecule has 0 saturated heterocycles. The Hall–Kier alpha value is -1.58. The molecule has 1 aliphatic heterocycles. The van der Waals surface area contributed by atoms with Crippen molar-refractivity contribution in [3.63, 3.8) is 0 Å². The average Bonchev–Trinajstić information content (AvgIpc) is 2.69. The van der Waals surface area contributed by atoms with Gasteiger partial charge in [0.05, 0.1) is 12.1 Å². The summed E-state index contributed by atoms with van der Waals surface area (Å²) in [5.41, 5.74) is 6.96. The van der Waals surface area contributed by atoms with E-state index in [1.54, 1.807) is 12.1 Å². The van der Waals surface area contributed by atoms with Gasteiger partial charge in [0, 0.05) is 5.69 Å². The third-order valence-corrected chi connectivity index (χ3v) is 3.75. The van der Waals surface area contributed by atoms with E-state index in [4.69, 9.17) is 5.73 Å². The molecule has 0 unspecified atom stereocenters. The minimum Gasteiger partial charge on any atom is -0.369 e. The minimum absolute atomic E-state index is 0.0363. The van der Waals surface area contributed by atoms with E-state index < -0.39 is 0 Å². The Balaban J connectivity index is 2.37. The topological polar surface area (TPSA) is 41.6 Å². The summed E-state index contributed by atoms with van der Waals surface area (Å²) in [4.78, 5) is 6.53. The Bertz CT molecular complexity index is 447. The molecule has 0 saturated carbocycles. The maximum Gasteiger partial charge on any atom is 0.196 e. The van der Waals surface area contributed by atoms with Crippen molar-refractivity contribution < 1.29 is 4.39 Å². The summed E-state index contributed by atoms with van der Waals surface area (Å²) in [5.74, 6) is 0.323. The van der Waals surface area contributed by atoms with E-state index in [1.165, 1.54) is 12.1 Å². The lowest BCUT2D eigenvalue weighted by Gasteiger charge is -2.39. The second-order valence-electron chi connectivity index (χ2n) is 5.21. The summed E-state index contributed by atoms with van der Waals surface area (Å²) in [6.45, 7) is 5.08. The van der Waals surface area contributed by atoms with Crippen molar-refractivity contribution in [1.29, 1.82) is 0 Å². The van der Waals surface area contributed by atoms with Crippen LogP contribution in [0.15, 0.2) is 29.3 Å². The van der Waals surface area contributed by atoms with Crippen LogP contribution >= 0.6 is 0 Å². The van der Waals surface area contributed by atoms with Gasteiger partial charge >= 0.3 is 0 Å². The molecule has 0 amide bonds. The zero-order valence-electron chi connectivity index (χ0n) is 11.7. The van der Waals surface area contributed by atoms with Gasteiger partial charge in [-0.15, -0.1) is 0 Å². The van der Waals surface area contributed by atoms with Gasteiger partial charge in [-0.05, 0) is 37.1 Å². The van der Waals surface area contributed by atoms with E-state index in [0.29, 0.717) is 5.96 Å². The van der Waals surface area contributed by atoms with Gasteiger partial charge in [-0.2, -0.15) is 0 Å². The van der Waals surface area contributed by atoms with Crippen LogP contribution in [0.5, 0.6) is 0 Å². The predicted molar refractivity (Wildman–Crippen MR) is 77.9 cm³/mol. The van der Waals surface area contributed by atoms with Crippen LogP contribution in [0, 0.1) is 5.82 Å². The maximum atomic E-state index is 13.1. The smallest absolute Gasteiger partial charge is 0.196 e. The van der Waals surface area contributed by atoms with Crippen molar-refractivity contribution in [1.82, 2.24) is 0 Å². The average molecular weight is 263 g/mol. The van der Waals surface area contributed by atoms with E-state index in [1.807, 2.05) is 0 Å². The normalized spacial score (nSPS) is 17.6. The number of halogens is 1. The summed E-state index contributed by atoms with van der Waals surface area (Å²) >= 11 is 0. The molecule has 19 heavy (non-hydrogen) atoms. The van der Waals surface area contributed by atoms with Crippen molar-refractivity contribution in [2.24, 2.45) is 10.7 Å². The monoisotopic (exact) mass is 263 g/mol. The molecule has 1 aromatic rings. The predicted octanol–water partition coefficient (Wildman–Crippen LogP) is 3.30. The fourth-order valence-electron chi connectivity index (χ4n) is 3.05. The van der Waals surface area contributed by atoms with Gasteiger partial charge in [0.15, 0.2) is 5.96 Å². The highest BCUT2D eigenvalue weighted by Crippen LogP contribution is 2.35. The van der Waals surface area contributed by atoms with Crippen LogP contribution in [0.3, 0.4) is 0 Å². The van der Waals surface area contributed by atoms with Gasteiger partial charge in [-0.1, -0.05) is 26.7 Å². The standard InChI is InChI=1S/C15H22FN3/c1-3-9-15(10-4-2)11-18-14(17)19(15)13-7-5-12(16)6-8-13/h5-8H,3-4,9-11H2,1-2H3,(H2,17,18). The molecule has 2 rings (SSSR count). The number of guanidine groups is 1. The van der Waals surface area contributed by atoms with Crippen LogP contribution in [0.2, 0.25) is 0 Å². The Morgan fingerprint density at radius 1 is 1.21 bits per heavy atom. The Labute approximate surface area is 114 Å². The first-order valence-corrected chi connectivity index (χ1v) is 6.98. The van der Waals surface area contributed by atoms with Crippen LogP contribution in [0.4, 0.5) is 10.1 Å². The maximum absolute atomic E-state index is 13.1. The Morgan fingerprint density at radius 3 is 2.32 bits per heavy atom. The molecule has 0 aliphatic carbocycles. The van der Waals surface area contributed by atoms with E-state index in [9.17, 15) is 4.39 Å². The first-order valence-electron chi connectivity index (χ1n) is 6.98. The zero-order chi connectivity index (χ0) is 13.9. The molecule has 1 aliphatic rings. The van der Waals surface area contributed by atoms with Gasteiger partial charge in [0.25, 0.3) is 0 Å². The van der Waals surface area contributed by atoms with Gasteiger partial charge in [0.2, 0.25) is 0 Å². The highest BCUT2D eigenvalue weighted by molar-refractivity contribution is 5.98. The Morgan fingerprint density at radius 2 is 1.79 bits per heavy atom. The molecule has 0 atom stereocenters. The molecule has 0 spiro atoms. The molecule has 1 heterocycles. The van der Waals surface area contributed by atoms with E-state index in [0.717, 1.165) is 37.9 Å². The summed E-state index contributed by atoms with van der Waals surface area (Å²) in [5, 5.41) is 0. The molecule has 0 fully saturated rings. The molecule has 4 heteroatoms. The summed E-state index contributed by atoms with van der Waals surface area (Å²) in [6, 6.07) is 6.51. The second-order valence-corrected chi connectivity index (χ2v) is 5.21. The number of benzene rings is 1. The number of nitrogens with zero attached hydrogens (tertiary/aromatic N) is 2. The van der Waals surface area contributed by atoms with Gasteiger partial charge in [-0.25, -0.2) is 4.39 Å². The SMILES string of the molecule is CCCC1(CCC)CN=C(N)N1c1ccc(F)cc1. The molecule has 1 aromatic carbocycles. The highest BCUT2D eigenvalue weighted by atomic mass is 19.1. The van der Waals surface area contributed by atoms with Crippen molar-refractivity contribution in [2.45, 2.75) is 45.1 Å². The van der Waals surface area contributed by atoms with Crippen LogP contribution < -0.4 is 10.6 Å². The van der Waals surface area contributed by atoms with Crippen molar-refractivity contribution in [3.8, 4) is 0 Å². The number of hydrogen-bond donors (Lipinski definition) is 1. The largest absolute Gasteiger partial charge is 0.369 e. The van der Waals surface area contributed by atoms with Crippen molar-refractivity contribution in [2.75, 3.05) is 11.4 Å². The molecular weight excluding hydrogens is 241 g/mol. The van der Waals surface area contributed by atoms with E-state index in [-0.39, 0.29) is 11.4 Å². The fourth-order valence-corrected chi connectivity index (χ4v) is 3.05. The number of aliphatic imine (C=N–C) groups is 1. The molecule has 104 valence electrons. The van der Waals surface area contributed by atoms with Crippen LogP contribution in [-0.2, 0) is 0 Å². The quantitative estimate of drug-likeness (QED) is 0.885. The highest BCUT2D eigenvalue weighted by Gasteiger charge is 2.41. The van der Waals surface area contributed by atoms with Crippen LogP contribution in [0.1, 0.15) is 39.5 Å². The van der Waals surface area contributed by atoms with Crippen molar-refractivity contribution in [3.05, 3.63) is 30.1 Å². The Kier molecular flexibility index (Phi) is 4.08. The first kappa shape index (κ1) is 13.8. The lowest BCUT2D eigenvalue weighted by Crippen LogP contribution is -2.52. The fraction of sp³-hybridized carbons (Fsp3) is 0.533. The minimum atomic E-state index is -0.227. The summed E-state index contributed by atoms with van der Waals surface area (Å²) in [6.07, 6.45) is 4.26. The second kappa shape index (κ2) is 5.59. The van der Waals surface area contributed by atoms with Crippen molar-refractivity contribution >= 4 is 11.6 Å². The van der Waals surface area contributed by atoms with Gasteiger partial charge < -0.3 is 10.6 Å². The third kappa shape index (κ3) is 2.57. The van der Waals surface area contributed by atoms with E-state index >= 15 is 0 Å². The zero-order valence-corrected chi connectivity index (χ0v) is 11.7. The number of rotatable bonds is 5. The number of anilines is 1. The number of hydrogen-bond acceptors (Lipinski definition) is 3. The molecule has 0 aromatic heterocycles. The summed E-state index contributed by atoms with van der Waals surface area (Å²) in [7, 11) is 0. The lowest BCUT2D eigenvalue weighted by molar-refractivity contribution is 0.384. The molecular formula is C15H22FN3. The molecule has 0 radical (unpaired) electrons.